The van der Waals surface area contributed by atoms with Crippen molar-refractivity contribution >= 4 is 5.69 Å². The molecule has 1 saturated heterocycles. The highest BCUT2D eigenvalue weighted by Gasteiger charge is 2.40. The highest BCUT2D eigenvalue weighted by molar-refractivity contribution is 5.42. The van der Waals surface area contributed by atoms with Crippen molar-refractivity contribution in [3.63, 3.8) is 0 Å². The minimum Gasteiger partial charge on any atom is -0.394 e. The first-order valence-electron chi connectivity index (χ1n) is 6.90. The summed E-state index contributed by atoms with van der Waals surface area (Å²) in [6.07, 6.45) is -1.98. The fourth-order valence-electron chi connectivity index (χ4n) is 2.56. The number of aliphatic hydroxyl groups excluding tert-OH is 1. The van der Waals surface area contributed by atoms with Crippen LogP contribution in [0.1, 0.15) is 23.5 Å². The summed E-state index contributed by atoms with van der Waals surface area (Å²) in [5.41, 5.74) is 1.18. The number of hydrogen-bond donors (Lipinski definition) is 1. The molecule has 0 aromatic heterocycles. The molecular weight excluding hydrogens is 286 g/mol. The maximum Gasteiger partial charge on any atom is 0.275 e. The molecule has 1 heterocycles. The number of para-hydroxylation sites is 1. The fourth-order valence-corrected chi connectivity index (χ4v) is 2.56. The second kappa shape index (κ2) is 6.23. The molecule has 0 spiro atoms. The third-order valence-corrected chi connectivity index (χ3v) is 3.60. The third-order valence-electron chi connectivity index (χ3n) is 3.60. The number of nitrogens with zero attached hydrogens (tertiary/aromatic N) is 1. The number of nitro benzene ring substituents is 1. The Bertz CT molecular complexity index is 661. The normalized spacial score (nSPS) is 24.3. The largest absolute Gasteiger partial charge is 0.394 e. The molecule has 6 heteroatoms. The molecule has 1 aliphatic heterocycles. The average Bonchev–Trinajstić information content (AvgIpc) is 3.00. The zero-order chi connectivity index (χ0) is 15.5. The monoisotopic (exact) mass is 301 g/mol. The Morgan fingerprint density at radius 1 is 1.05 bits per heavy atom. The zero-order valence-corrected chi connectivity index (χ0v) is 11.7. The van der Waals surface area contributed by atoms with Crippen molar-refractivity contribution in [2.45, 2.75) is 18.5 Å². The predicted molar refractivity (Wildman–Crippen MR) is 78.1 cm³/mol. The number of ether oxygens (including phenoxy) is 2. The van der Waals surface area contributed by atoms with Gasteiger partial charge in [-0.15, -0.1) is 0 Å². The van der Waals surface area contributed by atoms with E-state index in [1.165, 1.54) is 6.07 Å². The summed E-state index contributed by atoms with van der Waals surface area (Å²) in [6, 6.07) is 15.6. The van der Waals surface area contributed by atoms with Crippen LogP contribution in [0.4, 0.5) is 5.69 Å². The van der Waals surface area contributed by atoms with Gasteiger partial charge in [0.05, 0.1) is 17.1 Å². The van der Waals surface area contributed by atoms with Crippen LogP contribution < -0.4 is 0 Å². The molecule has 22 heavy (non-hydrogen) atoms. The van der Waals surface area contributed by atoms with E-state index in [1.807, 2.05) is 30.3 Å². The molecular formula is C16H15NO5. The maximum absolute atomic E-state index is 11.2. The van der Waals surface area contributed by atoms with Gasteiger partial charge in [0.2, 0.25) is 0 Å². The van der Waals surface area contributed by atoms with Crippen LogP contribution in [-0.4, -0.2) is 22.7 Å². The van der Waals surface area contributed by atoms with Gasteiger partial charge in [0, 0.05) is 11.6 Å². The minimum atomic E-state index is -0.684. The minimum absolute atomic E-state index is 0.0386. The molecule has 1 N–H and O–H groups in total. The van der Waals surface area contributed by atoms with E-state index >= 15 is 0 Å². The number of benzene rings is 2. The number of nitro groups is 1. The first kappa shape index (κ1) is 14.6. The van der Waals surface area contributed by atoms with Gasteiger partial charge in [-0.05, 0) is 6.07 Å². The summed E-state index contributed by atoms with van der Waals surface area (Å²) in [6.45, 7) is -0.278. The lowest BCUT2D eigenvalue weighted by Crippen LogP contribution is -2.20. The Balaban J connectivity index is 1.92. The van der Waals surface area contributed by atoms with Gasteiger partial charge >= 0.3 is 0 Å². The molecule has 2 aromatic rings. The van der Waals surface area contributed by atoms with Gasteiger partial charge < -0.3 is 14.6 Å². The first-order chi connectivity index (χ1) is 10.7. The van der Waals surface area contributed by atoms with E-state index in [0.29, 0.717) is 5.56 Å². The Hall–Kier alpha value is -2.28. The van der Waals surface area contributed by atoms with Crippen LogP contribution in [0, 0.1) is 10.1 Å². The molecule has 114 valence electrons. The predicted octanol–water partition coefficient (Wildman–Crippen LogP) is 2.74. The van der Waals surface area contributed by atoms with Crippen molar-refractivity contribution in [1.29, 1.82) is 0 Å². The van der Waals surface area contributed by atoms with Crippen LogP contribution in [0.5, 0.6) is 0 Å². The van der Waals surface area contributed by atoms with Crippen molar-refractivity contribution in [3.05, 3.63) is 75.8 Å². The van der Waals surface area contributed by atoms with Crippen LogP contribution in [0.25, 0.3) is 0 Å². The molecule has 0 aliphatic carbocycles. The van der Waals surface area contributed by atoms with Crippen LogP contribution in [0.2, 0.25) is 0 Å². The first-order valence-corrected chi connectivity index (χ1v) is 6.90. The zero-order valence-electron chi connectivity index (χ0n) is 11.7. The van der Waals surface area contributed by atoms with E-state index in [9.17, 15) is 15.2 Å². The summed E-state index contributed by atoms with van der Waals surface area (Å²) in [5.74, 6) is 0. The lowest BCUT2D eigenvalue weighted by atomic mass is 10.0. The molecule has 1 fully saturated rings. The summed E-state index contributed by atoms with van der Waals surface area (Å²) in [4.78, 5) is 10.7. The summed E-state index contributed by atoms with van der Waals surface area (Å²) >= 11 is 0. The van der Waals surface area contributed by atoms with Gasteiger partial charge in [0.25, 0.3) is 5.69 Å². The van der Waals surface area contributed by atoms with Crippen LogP contribution in [0.15, 0.2) is 54.6 Å². The summed E-state index contributed by atoms with van der Waals surface area (Å²) < 4.78 is 11.5. The number of rotatable bonds is 4. The Morgan fingerprint density at radius 2 is 1.73 bits per heavy atom. The molecule has 3 rings (SSSR count). The molecule has 0 saturated carbocycles. The molecule has 0 amide bonds. The van der Waals surface area contributed by atoms with Gasteiger partial charge in [-0.2, -0.15) is 0 Å². The van der Waals surface area contributed by atoms with E-state index in [4.69, 9.17) is 9.47 Å². The summed E-state index contributed by atoms with van der Waals surface area (Å²) in [5, 5.41) is 20.7. The van der Waals surface area contributed by atoms with E-state index in [0.717, 1.165) is 5.56 Å². The van der Waals surface area contributed by atoms with E-state index < -0.39 is 23.4 Å². The van der Waals surface area contributed by atoms with Gasteiger partial charge in [0.1, 0.15) is 12.2 Å². The van der Waals surface area contributed by atoms with Crippen molar-refractivity contribution in [1.82, 2.24) is 0 Å². The number of aliphatic hydroxyl groups is 1. The van der Waals surface area contributed by atoms with Crippen LogP contribution >= 0.6 is 0 Å². The molecule has 0 radical (unpaired) electrons. The van der Waals surface area contributed by atoms with Gasteiger partial charge in [-0.25, -0.2) is 0 Å². The fraction of sp³-hybridized carbons (Fsp3) is 0.250. The van der Waals surface area contributed by atoms with Gasteiger partial charge in [-0.1, -0.05) is 42.5 Å². The molecule has 0 bridgehead atoms. The lowest BCUT2D eigenvalue weighted by Gasteiger charge is -2.14. The molecule has 6 nitrogen and oxygen atoms in total. The second-order valence-corrected chi connectivity index (χ2v) is 4.97. The average molecular weight is 301 g/mol. The molecule has 1 aliphatic rings. The van der Waals surface area contributed by atoms with Crippen molar-refractivity contribution in [2.24, 2.45) is 0 Å². The third kappa shape index (κ3) is 2.71. The van der Waals surface area contributed by atoms with E-state index in [1.54, 1.807) is 18.2 Å². The summed E-state index contributed by atoms with van der Waals surface area (Å²) in [7, 11) is 0. The highest BCUT2D eigenvalue weighted by Crippen LogP contribution is 2.42. The SMILES string of the molecule is O=[N+]([O-])c1ccccc1[C@@H]1O[C@H](c2ccccc2)O[C@H]1CO. The van der Waals surface area contributed by atoms with Gasteiger partial charge in [0.15, 0.2) is 6.29 Å². The van der Waals surface area contributed by atoms with E-state index in [-0.39, 0.29) is 12.3 Å². The Kier molecular flexibility index (Phi) is 4.15. The molecule has 0 unspecified atom stereocenters. The van der Waals surface area contributed by atoms with Gasteiger partial charge in [-0.3, -0.25) is 10.1 Å². The van der Waals surface area contributed by atoms with Crippen molar-refractivity contribution < 1.29 is 19.5 Å². The van der Waals surface area contributed by atoms with E-state index in [2.05, 4.69) is 0 Å². The van der Waals surface area contributed by atoms with Crippen LogP contribution in [0.3, 0.4) is 0 Å². The Labute approximate surface area is 127 Å². The molecule has 2 aromatic carbocycles. The second-order valence-electron chi connectivity index (χ2n) is 4.97. The Morgan fingerprint density at radius 3 is 2.41 bits per heavy atom. The van der Waals surface area contributed by atoms with Crippen molar-refractivity contribution in [2.75, 3.05) is 6.61 Å². The number of hydrogen-bond acceptors (Lipinski definition) is 5. The quantitative estimate of drug-likeness (QED) is 0.693. The van der Waals surface area contributed by atoms with Crippen LogP contribution in [-0.2, 0) is 9.47 Å². The smallest absolute Gasteiger partial charge is 0.275 e. The maximum atomic E-state index is 11.2. The topological polar surface area (TPSA) is 81.8 Å². The standard InChI is InChI=1S/C16H15NO5/c18-10-14-15(12-8-4-5-9-13(12)17(19)20)22-16(21-14)11-6-2-1-3-7-11/h1-9,14-16,18H,10H2/t14-,15-,16+/m0/s1. The lowest BCUT2D eigenvalue weighted by molar-refractivity contribution is -0.386. The molecule has 3 atom stereocenters. The highest BCUT2D eigenvalue weighted by atomic mass is 16.7. The van der Waals surface area contributed by atoms with Crippen molar-refractivity contribution in [3.8, 4) is 0 Å².